The minimum atomic E-state index is 0.355. The number of fused-ring (bicyclic) bond motifs is 3. The predicted octanol–water partition coefficient (Wildman–Crippen LogP) is 4.74. The highest BCUT2D eigenvalue weighted by Crippen LogP contribution is 2.41. The highest BCUT2D eigenvalue weighted by Gasteiger charge is 2.24. The van der Waals surface area contributed by atoms with E-state index >= 15 is 0 Å². The van der Waals surface area contributed by atoms with Gasteiger partial charge in [0.15, 0.2) is 0 Å². The maximum absolute atomic E-state index is 4.77. The lowest BCUT2D eigenvalue weighted by Crippen LogP contribution is -2.18. The summed E-state index contributed by atoms with van der Waals surface area (Å²) in [7, 11) is 2.07. The van der Waals surface area contributed by atoms with Gasteiger partial charge in [-0.25, -0.2) is 4.98 Å². The first-order valence-corrected chi connectivity index (χ1v) is 8.40. The number of anilines is 1. The van der Waals surface area contributed by atoms with Gasteiger partial charge in [-0.15, -0.1) is 0 Å². The van der Waals surface area contributed by atoms with Crippen molar-refractivity contribution in [1.82, 2.24) is 9.55 Å². The molecule has 1 aromatic heterocycles. The van der Waals surface area contributed by atoms with E-state index in [-0.39, 0.29) is 0 Å². The van der Waals surface area contributed by atoms with Crippen LogP contribution in [0.15, 0.2) is 40.9 Å². The molecule has 0 aliphatic carbocycles. The summed E-state index contributed by atoms with van der Waals surface area (Å²) in [6.07, 6.45) is 2.17. The highest BCUT2D eigenvalue weighted by atomic mass is 79.9. The molecule has 2 heterocycles. The molecule has 1 aliphatic heterocycles. The summed E-state index contributed by atoms with van der Waals surface area (Å²) in [5.74, 6) is 1.04. The summed E-state index contributed by atoms with van der Waals surface area (Å²) >= 11 is 3.74. The molecule has 1 atom stereocenters. The number of aryl methyl sites for hydroxylation is 2. The van der Waals surface area contributed by atoms with E-state index in [4.69, 9.17) is 4.98 Å². The SMILES string of the molecule is Cc1nc2c3c(c(Br)cc2n1C)CCC(c1ccccc1)N3. The monoisotopic (exact) mass is 355 g/mol. The molecule has 0 spiro atoms. The Morgan fingerprint density at radius 2 is 2.05 bits per heavy atom. The standard InChI is InChI=1S/C18H18BrN3/c1-11-20-18-16(22(11)2)10-14(19)13-8-9-15(21-17(13)18)12-6-4-3-5-7-12/h3-7,10,15,21H,8-9H2,1-2H3. The number of imidazole rings is 1. The van der Waals surface area contributed by atoms with Crippen LogP contribution < -0.4 is 5.32 Å². The fourth-order valence-corrected chi connectivity index (χ4v) is 3.93. The van der Waals surface area contributed by atoms with Crippen LogP contribution in [0.2, 0.25) is 0 Å². The van der Waals surface area contributed by atoms with Gasteiger partial charge in [0.1, 0.15) is 11.3 Å². The number of benzene rings is 2. The number of aromatic nitrogens is 2. The van der Waals surface area contributed by atoms with Crippen LogP contribution in [0.3, 0.4) is 0 Å². The summed E-state index contributed by atoms with van der Waals surface area (Å²) in [5, 5.41) is 3.73. The van der Waals surface area contributed by atoms with Gasteiger partial charge in [-0.3, -0.25) is 0 Å². The van der Waals surface area contributed by atoms with Crippen LogP contribution >= 0.6 is 15.9 Å². The number of hydrogen-bond acceptors (Lipinski definition) is 2. The first-order valence-electron chi connectivity index (χ1n) is 7.61. The van der Waals surface area contributed by atoms with E-state index in [1.807, 2.05) is 0 Å². The van der Waals surface area contributed by atoms with E-state index < -0.39 is 0 Å². The van der Waals surface area contributed by atoms with E-state index in [2.05, 4.69) is 76.2 Å². The lowest BCUT2D eigenvalue weighted by molar-refractivity contribution is 0.667. The topological polar surface area (TPSA) is 29.9 Å². The van der Waals surface area contributed by atoms with Crippen LogP contribution in [0.5, 0.6) is 0 Å². The van der Waals surface area contributed by atoms with Gasteiger partial charge >= 0.3 is 0 Å². The molecule has 0 saturated heterocycles. The van der Waals surface area contributed by atoms with E-state index in [1.54, 1.807) is 0 Å². The molecule has 1 aliphatic rings. The summed E-state index contributed by atoms with van der Waals surface area (Å²) < 4.78 is 3.32. The number of nitrogens with one attached hydrogen (secondary N) is 1. The molecule has 2 aromatic carbocycles. The summed E-state index contributed by atoms with van der Waals surface area (Å²) in [4.78, 5) is 4.77. The minimum absolute atomic E-state index is 0.355. The van der Waals surface area contributed by atoms with Crippen molar-refractivity contribution in [3.63, 3.8) is 0 Å². The van der Waals surface area contributed by atoms with Crippen LogP contribution in [-0.4, -0.2) is 9.55 Å². The second kappa shape index (κ2) is 5.13. The lowest BCUT2D eigenvalue weighted by Gasteiger charge is -2.28. The average molecular weight is 356 g/mol. The molecule has 22 heavy (non-hydrogen) atoms. The summed E-state index contributed by atoms with van der Waals surface area (Å²) in [5.41, 5.74) is 6.13. The molecule has 0 saturated carbocycles. The summed E-state index contributed by atoms with van der Waals surface area (Å²) in [6, 6.07) is 13.2. The Labute approximate surface area is 138 Å². The van der Waals surface area contributed by atoms with E-state index in [0.29, 0.717) is 6.04 Å². The zero-order valence-corrected chi connectivity index (χ0v) is 14.3. The van der Waals surface area contributed by atoms with Gasteiger partial charge < -0.3 is 9.88 Å². The molecule has 1 N–H and O–H groups in total. The number of rotatable bonds is 1. The van der Waals surface area contributed by atoms with Gasteiger partial charge in [0.25, 0.3) is 0 Å². The molecular formula is C18H18BrN3. The number of hydrogen-bond donors (Lipinski definition) is 1. The first kappa shape index (κ1) is 13.8. The van der Waals surface area contributed by atoms with Crippen molar-refractivity contribution in [3.8, 4) is 0 Å². The van der Waals surface area contributed by atoms with Gasteiger partial charge in [-0.05, 0) is 37.0 Å². The third kappa shape index (κ3) is 2.05. The van der Waals surface area contributed by atoms with Gasteiger partial charge in [-0.1, -0.05) is 46.3 Å². The molecular weight excluding hydrogens is 338 g/mol. The highest BCUT2D eigenvalue weighted by molar-refractivity contribution is 9.10. The minimum Gasteiger partial charge on any atom is -0.376 e. The van der Waals surface area contributed by atoms with Crippen molar-refractivity contribution >= 4 is 32.7 Å². The van der Waals surface area contributed by atoms with Crippen molar-refractivity contribution in [1.29, 1.82) is 0 Å². The van der Waals surface area contributed by atoms with Crippen LogP contribution in [-0.2, 0) is 13.5 Å². The molecule has 0 fully saturated rings. The molecule has 3 aromatic rings. The van der Waals surface area contributed by atoms with Crippen molar-refractivity contribution < 1.29 is 0 Å². The largest absolute Gasteiger partial charge is 0.376 e. The van der Waals surface area contributed by atoms with Crippen molar-refractivity contribution in [2.45, 2.75) is 25.8 Å². The van der Waals surface area contributed by atoms with Gasteiger partial charge in [0.05, 0.1) is 17.2 Å². The Balaban J connectivity index is 1.86. The molecule has 0 bridgehead atoms. The van der Waals surface area contributed by atoms with Gasteiger partial charge in [0.2, 0.25) is 0 Å². The molecule has 3 nitrogen and oxygen atoms in total. The Morgan fingerprint density at radius 1 is 1.27 bits per heavy atom. The van der Waals surface area contributed by atoms with E-state index in [9.17, 15) is 0 Å². The predicted molar refractivity (Wildman–Crippen MR) is 94.3 cm³/mol. The van der Waals surface area contributed by atoms with Gasteiger partial charge in [0, 0.05) is 11.5 Å². The third-order valence-electron chi connectivity index (χ3n) is 4.66. The second-order valence-electron chi connectivity index (χ2n) is 5.94. The van der Waals surface area contributed by atoms with Crippen molar-refractivity contribution in [2.75, 3.05) is 5.32 Å². The first-order chi connectivity index (χ1) is 10.6. The Kier molecular flexibility index (Phi) is 3.22. The second-order valence-corrected chi connectivity index (χ2v) is 6.80. The van der Waals surface area contributed by atoms with Crippen molar-refractivity contribution in [2.24, 2.45) is 7.05 Å². The van der Waals surface area contributed by atoms with Crippen LogP contribution in [0, 0.1) is 6.92 Å². The molecule has 1 unspecified atom stereocenters. The normalized spacial score (nSPS) is 17.3. The molecule has 4 rings (SSSR count). The summed E-state index contributed by atoms with van der Waals surface area (Å²) in [6.45, 7) is 2.05. The zero-order chi connectivity index (χ0) is 15.3. The maximum Gasteiger partial charge on any atom is 0.112 e. The third-order valence-corrected chi connectivity index (χ3v) is 5.36. The van der Waals surface area contributed by atoms with Crippen molar-refractivity contribution in [3.05, 3.63) is 57.8 Å². The van der Waals surface area contributed by atoms with Gasteiger partial charge in [-0.2, -0.15) is 0 Å². The molecule has 4 heteroatoms. The van der Waals surface area contributed by atoms with Crippen LogP contribution in [0.25, 0.3) is 11.0 Å². The molecule has 0 amide bonds. The average Bonchev–Trinajstić information content (AvgIpc) is 2.84. The lowest BCUT2D eigenvalue weighted by atomic mass is 9.93. The Morgan fingerprint density at radius 3 is 2.82 bits per heavy atom. The quantitative estimate of drug-likeness (QED) is 0.682. The maximum atomic E-state index is 4.77. The zero-order valence-electron chi connectivity index (χ0n) is 12.7. The van der Waals surface area contributed by atoms with E-state index in [1.165, 1.54) is 26.8 Å². The molecule has 112 valence electrons. The van der Waals surface area contributed by atoms with Crippen LogP contribution in [0.4, 0.5) is 5.69 Å². The smallest absolute Gasteiger partial charge is 0.112 e. The number of nitrogens with zero attached hydrogens (tertiary/aromatic N) is 2. The fourth-order valence-electron chi connectivity index (χ4n) is 3.32. The Bertz CT molecular complexity index is 852. The fraction of sp³-hybridized carbons (Fsp3) is 0.278. The Hall–Kier alpha value is -1.81. The van der Waals surface area contributed by atoms with E-state index in [0.717, 1.165) is 24.2 Å². The van der Waals surface area contributed by atoms with Crippen LogP contribution in [0.1, 0.15) is 29.4 Å². The number of halogens is 1. The molecule has 0 radical (unpaired) electrons.